The number of aliphatic carboxylic acids is 1. The van der Waals surface area contributed by atoms with E-state index >= 15 is 0 Å². The van der Waals surface area contributed by atoms with E-state index < -0.39 is 17.5 Å². The first kappa shape index (κ1) is 15.3. The highest BCUT2D eigenvalue weighted by Crippen LogP contribution is 2.29. The molecule has 0 aliphatic heterocycles. The monoisotopic (exact) mass is 271 g/mol. The minimum absolute atomic E-state index is 0.00226. The van der Waals surface area contributed by atoms with Crippen LogP contribution in [0.1, 0.15) is 39.5 Å². The molecule has 108 valence electrons. The van der Waals surface area contributed by atoms with E-state index in [0.717, 1.165) is 12.8 Å². The number of hydrogen-bond donors (Lipinski definition) is 4. The normalized spacial score (nSPS) is 17.0. The number of urea groups is 1. The maximum atomic E-state index is 11.6. The topological polar surface area (TPSA) is 108 Å². The van der Waals surface area contributed by atoms with Gasteiger partial charge in [0, 0.05) is 6.04 Å². The third-order valence-electron chi connectivity index (χ3n) is 3.08. The van der Waals surface area contributed by atoms with Gasteiger partial charge in [-0.2, -0.15) is 0 Å². The summed E-state index contributed by atoms with van der Waals surface area (Å²) in [7, 11) is 0. The van der Waals surface area contributed by atoms with E-state index in [1.807, 2.05) is 13.8 Å². The summed E-state index contributed by atoms with van der Waals surface area (Å²) >= 11 is 0. The number of rotatable bonds is 5. The Balaban J connectivity index is 2.42. The Morgan fingerprint density at radius 3 is 2.26 bits per heavy atom. The average Bonchev–Trinajstić information content (AvgIpc) is 2.75. The number of amides is 3. The van der Waals surface area contributed by atoms with Crippen LogP contribution in [0, 0.1) is 0 Å². The van der Waals surface area contributed by atoms with Crippen LogP contribution in [0.25, 0.3) is 0 Å². The van der Waals surface area contributed by atoms with E-state index in [1.165, 1.54) is 0 Å². The zero-order valence-electron chi connectivity index (χ0n) is 11.3. The lowest BCUT2D eigenvalue weighted by Gasteiger charge is -2.25. The predicted octanol–water partition coefficient (Wildman–Crippen LogP) is 0.208. The third-order valence-corrected chi connectivity index (χ3v) is 3.08. The van der Waals surface area contributed by atoms with E-state index in [2.05, 4.69) is 16.0 Å². The fraction of sp³-hybridized carbons (Fsp3) is 0.750. The second-order valence-electron chi connectivity index (χ2n) is 5.12. The van der Waals surface area contributed by atoms with E-state index in [4.69, 9.17) is 0 Å². The number of nitrogens with one attached hydrogen (secondary N) is 3. The van der Waals surface area contributed by atoms with Crippen molar-refractivity contribution in [1.29, 1.82) is 0 Å². The van der Waals surface area contributed by atoms with Crippen molar-refractivity contribution >= 4 is 17.9 Å². The molecule has 1 aliphatic rings. The van der Waals surface area contributed by atoms with Crippen LogP contribution in [-0.2, 0) is 9.59 Å². The molecule has 0 aromatic carbocycles. The number of hydrogen-bond acceptors (Lipinski definition) is 3. The van der Waals surface area contributed by atoms with Crippen LogP contribution in [0.5, 0.6) is 0 Å². The maximum absolute atomic E-state index is 11.6. The first-order valence-corrected chi connectivity index (χ1v) is 6.44. The zero-order valence-corrected chi connectivity index (χ0v) is 11.3. The Kier molecular flexibility index (Phi) is 5.14. The van der Waals surface area contributed by atoms with Crippen molar-refractivity contribution in [2.75, 3.05) is 6.54 Å². The fourth-order valence-corrected chi connectivity index (χ4v) is 2.17. The van der Waals surface area contributed by atoms with Crippen molar-refractivity contribution in [1.82, 2.24) is 16.0 Å². The molecule has 0 saturated heterocycles. The van der Waals surface area contributed by atoms with E-state index in [-0.39, 0.29) is 18.5 Å². The van der Waals surface area contributed by atoms with Gasteiger partial charge in [-0.05, 0) is 26.7 Å². The highest BCUT2D eigenvalue weighted by Gasteiger charge is 2.42. The Morgan fingerprint density at radius 2 is 1.79 bits per heavy atom. The average molecular weight is 271 g/mol. The smallest absolute Gasteiger partial charge is 0.329 e. The van der Waals surface area contributed by atoms with Crippen molar-refractivity contribution < 1.29 is 19.5 Å². The molecule has 3 amide bonds. The summed E-state index contributed by atoms with van der Waals surface area (Å²) in [5.74, 6) is -1.33. The summed E-state index contributed by atoms with van der Waals surface area (Å²) < 4.78 is 0. The summed E-state index contributed by atoms with van der Waals surface area (Å²) in [6.07, 6.45) is 2.41. The van der Waals surface area contributed by atoms with Gasteiger partial charge in [-0.3, -0.25) is 4.79 Å². The molecule has 19 heavy (non-hydrogen) atoms. The van der Waals surface area contributed by atoms with E-state index in [0.29, 0.717) is 12.8 Å². The van der Waals surface area contributed by atoms with Gasteiger partial charge >= 0.3 is 12.0 Å². The van der Waals surface area contributed by atoms with Gasteiger partial charge in [0.1, 0.15) is 5.54 Å². The Bertz CT molecular complexity index is 362. The SMILES string of the molecule is CC(C)NC(=O)CNC(=O)NC1(C(=O)O)CCCC1. The lowest BCUT2D eigenvalue weighted by molar-refractivity contribution is -0.144. The van der Waals surface area contributed by atoms with Crippen LogP contribution in [0.15, 0.2) is 0 Å². The fourth-order valence-electron chi connectivity index (χ4n) is 2.17. The minimum atomic E-state index is -1.18. The zero-order chi connectivity index (χ0) is 14.5. The molecule has 1 aliphatic carbocycles. The quantitative estimate of drug-likeness (QED) is 0.573. The number of carboxylic acid groups (broad SMARTS) is 1. The van der Waals surface area contributed by atoms with Gasteiger partial charge in [-0.15, -0.1) is 0 Å². The Hall–Kier alpha value is -1.79. The molecule has 0 aromatic rings. The van der Waals surface area contributed by atoms with Gasteiger partial charge in [0.2, 0.25) is 5.91 Å². The van der Waals surface area contributed by atoms with Crippen molar-refractivity contribution in [3.8, 4) is 0 Å². The van der Waals surface area contributed by atoms with E-state index in [1.54, 1.807) is 0 Å². The van der Waals surface area contributed by atoms with E-state index in [9.17, 15) is 19.5 Å². The lowest BCUT2D eigenvalue weighted by Crippen LogP contribution is -2.56. The molecule has 0 radical (unpaired) electrons. The molecule has 0 heterocycles. The molecule has 7 nitrogen and oxygen atoms in total. The number of carbonyl (C=O) groups is 3. The number of carbonyl (C=O) groups excluding carboxylic acids is 2. The molecular formula is C12H21N3O4. The summed E-state index contributed by atoms with van der Waals surface area (Å²) in [5, 5.41) is 16.7. The molecule has 0 aromatic heterocycles. The minimum Gasteiger partial charge on any atom is -0.480 e. The third kappa shape index (κ3) is 4.42. The van der Waals surface area contributed by atoms with Gasteiger partial charge < -0.3 is 21.1 Å². The highest BCUT2D eigenvalue weighted by atomic mass is 16.4. The van der Waals surface area contributed by atoms with Crippen LogP contribution in [0.3, 0.4) is 0 Å². The summed E-state index contributed by atoms with van der Waals surface area (Å²) in [5.41, 5.74) is -1.18. The van der Waals surface area contributed by atoms with Crippen LogP contribution in [-0.4, -0.2) is 41.1 Å². The summed E-state index contributed by atoms with van der Waals surface area (Å²) in [6, 6.07) is -0.624. The standard InChI is InChI=1S/C12H21N3O4/c1-8(2)14-9(16)7-13-11(19)15-12(10(17)18)5-3-4-6-12/h8H,3-7H2,1-2H3,(H,14,16)(H,17,18)(H2,13,15,19). The maximum Gasteiger partial charge on any atom is 0.329 e. The van der Waals surface area contributed by atoms with Crippen molar-refractivity contribution in [3.63, 3.8) is 0 Å². The van der Waals surface area contributed by atoms with Gasteiger partial charge in [-0.25, -0.2) is 9.59 Å². The van der Waals surface area contributed by atoms with Crippen LogP contribution in [0.2, 0.25) is 0 Å². The molecule has 1 fully saturated rings. The first-order valence-electron chi connectivity index (χ1n) is 6.44. The molecular weight excluding hydrogens is 250 g/mol. The summed E-state index contributed by atoms with van der Waals surface area (Å²) in [6.45, 7) is 3.46. The Morgan fingerprint density at radius 1 is 1.21 bits per heavy atom. The second-order valence-corrected chi connectivity index (χ2v) is 5.12. The first-order chi connectivity index (χ1) is 8.85. The molecule has 0 spiro atoms. The van der Waals surface area contributed by atoms with Crippen molar-refractivity contribution in [3.05, 3.63) is 0 Å². The van der Waals surface area contributed by atoms with Crippen LogP contribution < -0.4 is 16.0 Å². The molecule has 4 N–H and O–H groups in total. The molecule has 0 unspecified atom stereocenters. The van der Waals surface area contributed by atoms with Gasteiger partial charge in [0.25, 0.3) is 0 Å². The van der Waals surface area contributed by atoms with Crippen LogP contribution >= 0.6 is 0 Å². The van der Waals surface area contributed by atoms with Gasteiger partial charge in [0.05, 0.1) is 6.54 Å². The molecule has 1 rings (SSSR count). The lowest BCUT2D eigenvalue weighted by atomic mass is 9.98. The van der Waals surface area contributed by atoms with Gasteiger partial charge in [0.15, 0.2) is 0 Å². The molecule has 7 heteroatoms. The Labute approximate surface area is 112 Å². The second kappa shape index (κ2) is 6.40. The highest BCUT2D eigenvalue weighted by molar-refractivity contribution is 5.88. The largest absolute Gasteiger partial charge is 0.480 e. The molecule has 0 atom stereocenters. The van der Waals surface area contributed by atoms with Gasteiger partial charge in [-0.1, -0.05) is 12.8 Å². The molecule has 1 saturated carbocycles. The number of carboxylic acids is 1. The summed E-state index contributed by atoms with van der Waals surface area (Å²) in [4.78, 5) is 34.2. The predicted molar refractivity (Wildman–Crippen MR) is 68.6 cm³/mol. The van der Waals surface area contributed by atoms with Crippen LogP contribution in [0.4, 0.5) is 4.79 Å². The van der Waals surface area contributed by atoms with Crippen molar-refractivity contribution in [2.45, 2.75) is 51.1 Å². The molecule has 0 bridgehead atoms. The van der Waals surface area contributed by atoms with Crippen molar-refractivity contribution in [2.24, 2.45) is 0 Å².